The third-order valence-corrected chi connectivity index (χ3v) is 10.5. The van der Waals surface area contributed by atoms with Crippen LogP contribution in [0.15, 0.2) is 85.1 Å². The van der Waals surface area contributed by atoms with Crippen molar-refractivity contribution in [1.29, 1.82) is 0 Å². The summed E-state index contributed by atoms with van der Waals surface area (Å²) in [4.78, 5) is 35.1. The van der Waals surface area contributed by atoms with E-state index in [1.165, 1.54) is 19.3 Å². The summed E-state index contributed by atoms with van der Waals surface area (Å²) in [6.07, 6.45) is 38.2. The molecule has 0 bridgehead atoms. The number of phosphoric acid groups is 1. The van der Waals surface area contributed by atoms with Crippen LogP contribution in [0.25, 0.3) is 0 Å². The Morgan fingerprint density at radius 1 is 0.754 bits per heavy atom. The first-order valence-electron chi connectivity index (χ1n) is 22.5. The van der Waals surface area contributed by atoms with E-state index in [2.05, 4.69) is 62.5 Å². The summed E-state index contributed by atoms with van der Waals surface area (Å²) in [5.41, 5.74) is 5.34. The molecule has 1 heterocycles. The summed E-state index contributed by atoms with van der Waals surface area (Å²) in [7, 11) is -4.48. The van der Waals surface area contributed by atoms with Crippen molar-refractivity contribution >= 4 is 19.8 Å². The van der Waals surface area contributed by atoms with Crippen LogP contribution >= 0.6 is 7.82 Å². The number of phosphoric ester groups is 1. The molecule has 1 aliphatic rings. The van der Waals surface area contributed by atoms with E-state index in [1.54, 1.807) is 12.2 Å². The van der Waals surface area contributed by atoms with Crippen molar-refractivity contribution in [3.8, 4) is 0 Å². The molecule has 7 atom stereocenters. The molecule has 61 heavy (non-hydrogen) atoms. The Bertz CT molecular complexity index is 1390. The molecular formula is C47H78NO12P. The molecule has 348 valence electrons. The summed E-state index contributed by atoms with van der Waals surface area (Å²) in [5.74, 6) is -1.46. The minimum absolute atomic E-state index is 0.00448. The van der Waals surface area contributed by atoms with E-state index in [9.17, 15) is 34.4 Å². The first-order valence-corrected chi connectivity index (χ1v) is 24.0. The molecule has 1 rings (SSSR count). The van der Waals surface area contributed by atoms with E-state index in [0.29, 0.717) is 32.1 Å². The molecule has 1 saturated heterocycles. The first-order chi connectivity index (χ1) is 29.5. The molecule has 0 amide bonds. The van der Waals surface area contributed by atoms with Gasteiger partial charge in [0.05, 0.1) is 31.5 Å². The monoisotopic (exact) mass is 880 g/mol. The quantitative estimate of drug-likeness (QED) is 0.0173. The number of ether oxygens (including phenoxy) is 3. The maximum absolute atomic E-state index is 12.7. The number of carbonyl (C=O) groups is 2. The summed E-state index contributed by atoms with van der Waals surface area (Å²) in [5, 5.41) is 31.0. The normalized spacial score (nSPS) is 20.9. The number of nitrogens with two attached hydrogens (primary N) is 1. The minimum atomic E-state index is -4.48. The average Bonchev–Trinajstić information content (AvgIpc) is 3.23. The van der Waals surface area contributed by atoms with Gasteiger partial charge in [-0.25, -0.2) is 4.57 Å². The number of aliphatic hydroxyl groups excluding tert-OH is 3. The number of hydrogen-bond donors (Lipinski definition) is 5. The van der Waals surface area contributed by atoms with Gasteiger partial charge in [0.15, 0.2) is 12.4 Å². The van der Waals surface area contributed by atoms with Gasteiger partial charge < -0.3 is 40.2 Å². The van der Waals surface area contributed by atoms with Gasteiger partial charge >= 0.3 is 19.8 Å². The van der Waals surface area contributed by atoms with Crippen molar-refractivity contribution in [3.05, 3.63) is 85.1 Å². The van der Waals surface area contributed by atoms with E-state index in [-0.39, 0.29) is 44.9 Å². The SMILES string of the molecule is CCCCC/C=C\C/C=C\C/C=C\C/C=C\C/C=C\CCC(=O)OC[C@H](COP(=O)(O)OCCN)OC(=O)CCC/C=C\C[C@H]1[C@@H](O)CC(O)O[C@@H]1/C=C/[C@@H](O)CCCCC. The summed E-state index contributed by atoms with van der Waals surface area (Å²) in [6, 6.07) is 0. The maximum Gasteiger partial charge on any atom is 0.472 e. The topological polar surface area (TPSA) is 204 Å². The molecule has 2 unspecified atom stereocenters. The minimum Gasteiger partial charge on any atom is -0.462 e. The largest absolute Gasteiger partial charge is 0.472 e. The molecule has 13 nitrogen and oxygen atoms in total. The Labute approximate surface area is 366 Å². The number of hydrogen-bond acceptors (Lipinski definition) is 12. The van der Waals surface area contributed by atoms with Crippen LogP contribution in [-0.4, -0.2) is 89.2 Å². The lowest BCUT2D eigenvalue weighted by Gasteiger charge is -2.36. The van der Waals surface area contributed by atoms with Crippen LogP contribution in [0.2, 0.25) is 0 Å². The molecule has 14 heteroatoms. The van der Waals surface area contributed by atoms with Crippen molar-refractivity contribution in [2.75, 3.05) is 26.4 Å². The molecule has 1 fully saturated rings. The van der Waals surface area contributed by atoms with Gasteiger partial charge in [-0.3, -0.25) is 18.6 Å². The van der Waals surface area contributed by atoms with Crippen molar-refractivity contribution < 1.29 is 57.6 Å². The number of unbranched alkanes of at least 4 members (excludes halogenated alkanes) is 6. The van der Waals surface area contributed by atoms with Gasteiger partial charge in [-0.05, 0) is 70.6 Å². The molecule has 0 aromatic heterocycles. The number of rotatable bonds is 36. The number of esters is 2. The second-order valence-corrected chi connectivity index (χ2v) is 16.5. The number of allylic oxidation sites excluding steroid dienone is 12. The fourth-order valence-electron chi connectivity index (χ4n) is 6.13. The van der Waals surface area contributed by atoms with Crippen LogP contribution < -0.4 is 5.73 Å². The molecule has 0 aromatic rings. The van der Waals surface area contributed by atoms with Crippen LogP contribution in [0.5, 0.6) is 0 Å². The predicted octanol–water partition coefficient (Wildman–Crippen LogP) is 8.93. The van der Waals surface area contributed by atoms with Gasteiger partial charge in [-0.2, -0.15) is 0 Å². The molecule has 0 aliphatic carbocycles. The third kappa shape index (κ3) is 32.4. The summed E-state index contributed by atoms with van der Waals surface area (Å²) < 4.78 is 38.3. The van der Waals surface area contributed by atoms with Crippen molar-refractivity contribution in [3.63, 3.8) is 0 Å². The van der Waals surface area contributed by atoms with Crippen molar-refractivity contribution in [2.45, 2.75) is 167 Å². The molecule has 1 aliphatic heterocycles. The number of carbonyl (C=O) groups excluding carboxylic acids is 2. The summed E-state index contributed by atoms with van der Waals surface area (Å²) >= 11 is 0. The van der Waals surface area contributed by atoms with E-state index in [1.807, 2.05) is 24.3 Å². The fraction of sp³-hybridized carbons (Fsp3) is 0.660. The van der Waals surface area contributed by atoms with Crippen molar-refractivity contribution in [2.24, 2.45) is 11.7 Å². The lowest BCUT2D eigenvalue weighted by Crippen LogP contribution is -2.43. The first kappa shape index (κ1) is 56.0. The van der Waals surface area contributed by atoms with E-state index in [0.717, 1.165) is 51.4 Å². The van der Waals surface area contributed by atoms with E-state index < -0.39 is 57.1 Å². The molecule has 0 radical (unpaired) electrons. The zero-order chi connectivity index (χ0) is 44.8. The van der Waals surface area contributed by atoms with Gasteiger partial charge in [-0.15, -0.1) is 0 Å². The fourth-order valence-corrected chi connectivity index (χ4v) is 6.89. The van der Waals surface area contributed by atoms with Crippen LogP contribution in [0.3, 0.4) is 0 Å². The molecule has 0 aromatic carbocycles. The highest BCUT2D eigenvalue weighted by Crippen LogP contribution is 2.43. The smallest absolute Gasteiger partial charge is 0.462 e. The lowest BCUT2D eigenvalue weighted by molar-refractivity contribution is -0.199. The lowest BCUT2D eigenvalue weighted by atomic mass is 9.87. The Morgan fingerprint density at radius 3 is 1.98 bits per heavy atom. The Kier molecular flexibility index (Phi) is 34.5. The highest BCUT2D eigenvalue weighted by Gasteiger charge is 2.35. The predicted molar refractivity (Wildman–Crippen MR) is 241 cm³/mol. The van der Waals surface area contributed by atoms with Gasteiger partial charge in [-0.1, -0.05) is 131 Å². The van der Waals surface area contributed by atoms with Gasteiger partial charge in [0, 0.05) is 31.7 Å². The Hall–Kier alpha value is -2.97. The molecule has 0 saturated carbocycles. The zero-order valence-electron chi connectivity index (χ0n) is 36.9. The molecule has 6 N–H and O–H groups in total. The van der Waals surface area contributed by atoms with Crippen molar-refractivity contribution in [1.82, 2.24) is 0 Å². The third-order valence-electron chi connectivity index (χ3n) is 9.56. The Morgan fingerprint density at radius 2 is 1.34 bits per heavy atom. The standard InChI is InChI=1S/C47H78NO12P/c1-3-5-7-8-9-10-11-12-13-14-15-16-17-18-19-20-21-22-27-31-45(51)56-38-41(39-58-61(54,55)57-36-35-48)59-46(52)32-28-24-23-26-30-42-43(50)37-47(53)60-44(42)34-33-40(49)29-25-6-4-2/h9-10,12-13,15-16,18-19,21-23,26,33-34,40-44,47,49-50,53H,3-8,11,14,17,20,24-25,27-32,35-39,48H2,1-2H3,(H,54,55)/b10-9-,13-12-,16-15-,19-18-,22-21-,26-23-,34-33+/t40-,41+,42-,43-,44+,47?/m0/s1. The maximum atomic E-state index is 12.7. The number of aliphatic hydroxyl groups is 3. The van der Waals surface area contributed by atoms with Gasteiger partial charge in [0.25, 0.3) is 0 Å². The van der Waals surface area contributed by atoms with Crippen LogP contribution in [0, 0.1) is 5.92 Å². The Balaban J connectivity index is 2.48. The van der Waals surface area contributed by atoms with Crippen LogP contribution in [0.1, 0.15) is 136 Å². The van der Waals surface area contributed by atoms with E-state index in [4.69, 9.17) is 29.0 Å². The zero-order valence-corrected chi connectivity index (χ0v) is 37.8. The van der Waals surface area contributed by atoms with Crippen LogP contribution in [-0.2, 0) is 37.4 Å². The molecule has 0 spiro atoms. The summed E-state index contributed by atoms with van der Waals surface area (Å²) in [6.45, 7) is 3.17. The van der Waals surface area contributed by atoms with Gasteiger partial charge in [0.1, 0.15) is 6.61 Å². The second-order valence-electron chi connectivity index (χ2n) is 15.1. The highest BCUT2D eigenvalue weighted by molar-refractivity contribution is 7.47. The van der Waals surface area contributed by atoms with Crippen LogP contribution in [0.4, 0.5) is 0 Å². The average molecular weight is 880 g/mol. The van der Waals surface area contributed by atoms with Gasteiger partial charge in [0.2, 0.25) is 0 Å². The second kappa shape index (κ2) is 37.6. The highest BCUT2D eigenvalue weighted by atomic mass is 31.2. The van der Waals surface area contributed by atoms with E-state index >= 15 is 0 Å². The molecular weight excluding hydrogens is 801 g/mol.